The third-order valence-corrected chi connectivity index (χ3v) is 4.60. The SMILES string of the molecule is Cc1ccc(NC(=O)[C@H](OC(=O)CCN2C(=O)CCC2=O)c2ccccc2)cc1. The minimum atomic E-state index is -1.14. The lowest BCUT2D eigenvalue weighted by Gasteiger charge is -2.19. The van der Waals surface area contributed by atoms with E-state index in [2.05, 4.69) is 5.32 Å². The number of nitrogens with zero attached hydrogens (tertiary/aromatic N) is 1. The molecule has 29 heavy (non-hydrogen) atoms. The molecule has 0 radical (unpaired) electrons. The molecule has 1 atom stereocenters. The van der Waals surface area contributed by atoms with Crippen LogP contribution in [0.3, 0.4) is 0 Å². The summed E-state index contributed by atoms with van der Waals surface area (Å²) in [5, 5.41) is 2.75. The zero-order chi connectivity index (χ0) is 20.8. The normalized spacial score (nSPS) is 14.6. The minimum absolute atomic E-state index is 0.0441. The van der Waals surface area contributed by atoms with Crippen molar-refractivity contribution in [3.8, 4) is 0 Å². The van der Waals surface area contributed by atoms with E-state index in [0.29, 0.717) is 11.3 Å². The third-order valence-electron chi connectivity index (χ3n) is 4.60. The predicted octanol–water partition coefficient (Wildman–Crippen LogP) is 2.76. The number of carbonyl (C=O) groups is 4. The number of ether oxygens (including phenoxy) is 1. The number of anilines is 1. The average molecular weight is 394 g/mol. The molecule has 1 aliphatic heterocycles. The first kappa shape index (κ1) is 20.3. The quantitative estimate of drug-likeness (QED) is 0.576. The van der Waals surface area contributed by atoms with Gasteiger partial charge in [0.05, 0.1) is 6.42 Å². The van der Waals surface area contributed by atoms with Gasteiger partial charge in [0.15, 0.2) is 0 Å². The number of rotatable bonds is 7. The maximum Gasteiger partial charge on any atom is 0.308 e. The van der Waals surface area contributed by atoms with Gasteiger partial charge in [-0.25, -0.2) is 0 Å². The van der Waals surface area contributed by atoms with Crippen molar-refractivity contribution in [3.63, 3.8) is 0 Å². The van der Waals surface area contributed by atoms with Crippen molar-refractivity contribution in [2.45, 2.75) is 32.3 Å². The van der Waals surface area contributed by atoms with Crippen molar-refractivity contribution < 1.29 is 23.9 Å². The van der Waals surface area contributed by atoms with Crippen molar-refractivity contribution in [3.05, 3.63) is 65.7 Å². The second-order valence-corrected chi connectivity index (χ2v) is 6.82. The summed E-state index contributed by atoms with van der Waals surface area (Å²) in [6.45, 7) is 1.90. The molecule has 1 N–H and O–H groups in total. The van der Waals surface area contributed by atoms with E-state index in [1.54, 1.807) is 42.5 Å². The number of carbonyl (C=O) groups excluding carboxylic acids is 4. The van der Waals surface area contributed by atoms with Gasteiger partial charge in [0.1, 0.15) is 0 Å². The molecule has 3 rings (SSSR count). The van der Waals surface area contributed by atoms with Gasteiger partial charge in [-0.3, -0.25) is 24.1 Å². The molecule has 7 nitrogen and oxygen atoms in total. The Morgan fingerprint density at radius 1 is 1.00 bits per heavy atom. The number of hydrogen-bond donors (Lipinski definition) is 1. The third kappa shape index (κ3) is 5.28. The van der Waals surface area contributed by atoms with Gasteiger partial charge in [-0.15, -0.1) is 0 Å². The standard InChI is InChI=1S/C22H22N2O5/c1-15-7-9-17(10-8-15)23-22(28)21(16-5-3-2-4-6-16)29-20(27)13-14-24-18(25)11-12-19(24)26/h2-10,21H,11-14H2,1H3,(H,23,28)/t21-/m1/s1. The van der Waals surface area contributed by atoms with Crippen LogP contribution in [-0.2, 0) is 23.9 Å². The van der Waals surface area contributed by atoms with E-state index in [9.17, 15) is 19.2 Å². The van der Waals surface area contributed by atoms with Crippen LogP contribution in [0.2, 0.25) is 0 Å². The Morgan fingerprint density at radius 2 is 1.62 bits per heavy atom. The molecule has 7 heteroatoms. The van der Waals surface area contributed by atoms with Crippen molar-refractivity contribution in [1.29, 1.82) is 0 Å². The fourth-order valence-electron chi connectivity index (χ4n) is 3.01. The summed E-state index contributed by atoms with van der Waals surface area (Å²) < 4.78 is 5.42. The molecule has 1 fully saturated rings. The lowest BCUT2D eigenvalue weighted by atomic mass is 10.1. The molecule has 0 aliphatic carbocycles. The first-order valence-corrected chi connectivity index (χ1v) is 9.39. The van der Waals surface area contributed by atoms with E-state index in [1.165, 1.54) is 0 Å². The molecular formula is C22H22N2O5. The summed E-state index contributed by atoms with van der Waals surface area (Å²) in [6, 6.07) is 15.9. The second-order valence-electron chi connectivity index (χ2n) is 6.82. The monoisotopic (exact) mass is 394 g/mol. The lowest BCUT2D eigenvalue weighted by Crippen LogP contribution is -2.32. The largest absolute Gasteiger partial charge is 0.447 e. The van der Waals surface area contributed by atoms with Gasteiger partial charge in [-0.2, -0.15) is 0 Å². The van der Waals surface area contributed by atoms with Crippen molar-refractivity contribution >= 4 is 29.4 Å². The van der Waals surface area contributed by atoms with Crippen molar-refractivity contribution in [1.82, 2.24) is 4.90 Å². The number of aryl methyl sites for hydroxylation is 1. The molecule has 0 bridgehead atoms. The van der Waals surface area contributed by atoms with Crippen LogP contribution in [0.1, 0.15) is 36.5 Å². The van der Waals surface area contributed by atoms with Crippen LogP contribution in [0.5, 0.6) is 0 Å². The molecular weight excluding hydrogens is 372 g/mol. The first-order valence-electron chi connectivity index (χ1n) is 9.39. The van der Waals surface area contributed by atoms with Crippen LogP contribution in [0, 0.1) is 6.92 Å². The summed E-state index contributed by atoms with van der Waals surface area (Å²) in [6.07, 6.45) is -0.979. The fraction of sp³-hybridized carbons (Fsp3) is 0.273. The van der Waals surface area contributed by atoms with Crippen molar-refractivity contribution in [2.24, 2.45) is 0 Å². The van der Waals surface area contributed by atoms with Gasteiger partial charge in [0.2, 0.25) is 17.9 Å². The van der Waals surface area contributed by atoms with Gasteiger partial charge >= 0.3 is 5.97 Å². The zero-order valence-corrected chi connectivity index (χ0v) is 16.1. The van der Waals surface area contributed by atoms with Crippen LogP contribution in [-0.4, -0.2) is 35.1 Å². The van der Waals surface area contributed by atoms with Crippen LogP contribution < -0.4 is 5.32 Å². The lowest BCUT2D eigenvalue weighted by molar-refractivity contribution is -0.155. The molecule has 1 saturated heterocycles. The molecule has 0 spiro atoms. The Balaban J connectivity index is 1.67. The number of esters is 1. The second kappa shape index (κ2) is 9.14. The molecule has 1 heterocycles. The highest BCUT2D eigenvalue weighted by molar-refractivity contribution is 6.02. The van der Waals surface area contributed by atoms with Crippen LogP contribution in [0.25, 0.3) is 0 Å². The summed E-state index contributed by atoms with van der Waals surface area (Å²) in [5.74, 6) is -1.73. The number of benzene rings is 2. The van der Waals surface area contributed by atoms with Crippen LogP contribution in [0.15, 0.2) is 54.6 Å². The number of imide groups is 1. The van der Waals surface area contributed by atoms with Gasteiger partial charge < -0.3 is 10.1 Å². The van der Waals surface area contributed by atoms with E-state index in [4.69, 9.17) is 4.74 Å². The highest BCUT2D eigenvalue weighted by atomic mass is 16.5. The summed E-state index contributed by atoms with van der Waals surface area (Å²) in [5.41, 5.74) is 2.17. The first-order chi connectivity index (χ1) is 13.9. The number of likely N-dealkylation sites (tertiary alicyclic amines) is 1. The van der Waals surface area contributed by atoms with E-state index < -0.39 is 18.0 Å². The highest BCUT2D eigenvalue weighted by Gasteiger charge is 2.30. The fourth-order valence-corrected chi connectivity index (χ4v) is 3.01. The molecule has 0 unspecified atom stereocenters. The van der Waals surface area contributed by atoms with Gasteiger partial charge in [-0.05, 0) is 19.1 Å². The maximum atomic E-state index is 12.8. The summed E-state index contributed by atoms with van der Waals surface area (Å²) in [4.78, 5) is 49.5. The molecule has 2 aromatic rings. The molecule has 1 aliphatic rings. The van der Waals surface area contributed by atoms with E-state index in [-0.39, 0.29) is 37.6 Å². The Morgan fingerprint density at radius 3 is 2.24 bits per heavy atom. The van der Waals surface area contributed by atoms with Crippen molar-refractivity contribution in [2.75, 3.05) is 11.9 Å². The van der Waals surface area contributed by atoms with Crippen LogP contribution >= 0.6 is 0 Å². The number of nitrogens with one attached hydrogen (secondary N) is 1. The van der Waals surface area contributed by atoms with Crippen LogP contribution in [0.4, 0.5) is 5.69 Å². The molecule has 2 aromatic carbocycles. The smallest absolute Gasteiger partial charge is 0.308 e. The molecule has 150 valence electrons. The summed E-state index contributed by atoms with van der Waals surface area (Å²) in [7, 11) is 0. The Hall–Kier alpha value is -3.48. The Labute approximate surface area is 168 Å². The topological polar surface area (TPSA) is 92.8 Å². The number of hydrogen-bond acceptors (Lipinski definition) is 5. The average Bonchev–Trinajstić information content (AvgIpc) is 3.04. The maximum absolute atomic E-state index is 12.8. The van der Waals surface area contributed by atoms with E-state index >= 15 is 0 Å². The minimum Gasteiger partial charge on any atom is -0.447 e. The zero-order valence-electron chi connectivity index (χ0n) is 16.1. The van der Waals surface area contributed by atoms with Gasteiger partial charge in [0.25, 0.3) is 5.91 Å². The van der Waals surface area contributed by atoms with Gasteiger partial charge in [0, 0.05) is 30.6 Å². The summed E-state index contributed by atoms with van der Waals surface area (Å²) >= 11 is 0. The van der Waals surface area contributed by atoms with E-state index in [0.717, 1.165) is 10.5 Å². The predicted molar refractivity (Wildman–Crippen MR) is 106 cm³/mol. The number of amides is 3. The molecule has 0 saturated carbocycles. The Bertz CT molecular complexity index is 893. The molecule has 3 amide bonds. The van der Waals surface area contributed by atoms with Gasteiger partial charge in [-0.1, -0.05) is 48.0 Å². The van der Waals surface area contributed by atoms with E-state index in [1.807, 2.05) is 19.1 Å². The highest BCUT2D eigenvalue weighted by Crippen LogP contribution is 2.21. The Kier molecular flexibility index (Phi) is 6.39. The molecule has 0 aromatic heterocycles.